The number of carbonyl (C=O) groups is 2. The number of carbonyl (C=O) groups excluding carboxylic acids is 2. The molecule has 1 aliphatic rings. The van der Waals surface area contributed by atoms with Gasteiger partial charge in [-0.15, -0.1) is 11.3 Å². The average Bonchev–Trinajstić information content (AvgIpc) is 3.26. The molecule has 1 aliphatic heterocycles. The molecular formula is C15H18N4O3S. The molecule has 1 fully saturated rings. The molecule has 8 heteroatoms. The number of aromatic amines is 1. The van der Waals surface area contributed by atoms with Crippen LogP contribution in [0.15, 0.2) is 23.8 Å². The van der Waals surface area contributed by atoms with Crippen LogP contribution < -0.4 is 5.32 Å². The predicted molar refractivity (Wildman–Crippen MR) is 86.8 cm³/mol. The first kappa shape index (κ1) is 15.5. The number of anilines is 1. The van der Waals surface area contributed by atoms with Crippen molar-refractivity contribution in [2.45, 2.75) is 18.8 Å². The lowest BCUT2D eigenvalue weighted by molar-refractivity contribution is 0.0601. The third-order valence-corrected chi connectivity index (χ3v) is 4.80. The number of thiophene rings is 1. The summed E-state index contributed by atoms with van der Waals surface area (Å²) >= 11 is 1.31. The highest BCUT2D eigenvalue weighted by Gasteiger charge is 2.25. The normalized spacial score (nSPS) is 17.8. The Bertz CT molecular complexity index is 683. The first-order valence-corrected chi connectivity index (χ1v) is 8.27. The zero-order valence-corrected chi connectivity index (χ0v) is 13.6. The number of piperidine rings is 1. The molecule has 0 aromatic carbocycles. The van der Waals surface area contributed by atoms with E-state index in [9.17, 15) is 9.59 Å². The highest BCUT2D eigenvalue weighted by molar-refractivity contribution is 7.14. The Morgan fingerprint density at radius 3 is 3.13 bits per heavy atom. The van der Waals surface area contributed by atoms with E-state index >= 15 is 0 Å². The van der Waals surface area contributed by atoms with Crippen LogP contribution in [0.1, 0.15) is 34.7 Å². The van der Waals surface area contributed by atoms with Gasteiger partial charge in [0.1, 0.15) is 0 Å². The van der Waals surface area contributed by atoms with E-state index < -0.39 is 5.97 Å². The number of nitrogens with zero attached hydrogens (tertiary/aromatic N) is 2. The van der Waals surface area contributed by atoms with Crippen LogP contribution >= 0.6 is 11.3 Å². The van der Waals surface area contributed by atoms with Crippen LogP contribution in [-0.4, -0.2) is 47.3 Å². The second-order valence-electron chi connectivity index (χ2n) is 5.44. The zero-order chi connectivity index (χ0) is 16.2. The summed E-state index contributed by atoms with van der Waals surface area (Å²) in [7, 11) is 1.34. The smallest absolute Gasteiger partial charge is 0.338 e. The van der Waals surface area contributed by atoms with E-state index in [1.807, 2.05) is 12.4 Å². The van der Waals surface area contributed by atoms with Crippen molar-refractivity contribution in [1.82, 2.24) is 15.1 Å². The molecule has 2 aromatic heterocycles. The molecule has 3 rings (SSSR count). The lowest BCUT2D eigenvalue weighted by Crippen LogP contribution is -2.41. The van der Waals surface area contributed by atoms with Crippen molar-refractivity contribution in [1.29, 1.82) is 0 Å². The van der Waals surface area contributed by atoms with Crippen LogP contribution in [0.4, 0.5) is 9.80 Å². The van der Waals surface area contributed by atoms with Gasteiger partial charge in [-0.25, -0.2) is 9.59 Å². The largest absolute Gasteiger partial charge is 0.465 e. The second kappa shape index (κ2) is 6.82. The fourth-order valence-corrected chi connectivity index (χ4v) is 3.49. The second-order valence-corrected chi connectivity index (χ2v) is 6.35. The van der Waals surface area contributed by atoms with Crippen LogP contribution in [0.25, 0.3) is 0 Å². The predicted octanol–water partition coefficient (Wildman–Crippen LogP) is 2.67. The van der Waals surface area contributed by atoms with Crippen LogP contribution in [0.5, 0.6) is 0 Å². The molecule has 2 amide bonds. The van der Waals surface area contributed by atoms with Crippen molar-refractivity contribution in [2.24, 2.45) is 0 Å². The minimum atomic E-state index is -0.403. The number of aromatic nitrogens is 2. The Balaban J connectivity index is 1.61. The Labute approximate surface area is 137 Å². The molecular weight excluding hydrogens is 316 g/mol. The van der Waals surface area contributed by atoms with Crippen LogP contribution in [0.3, 0.4) is 0 Å². The first-order chi connectivity index (χ1) is 11.2. The van der Waals surface area contributed by atoms with E-state index in [1.165, 1.54) is 18.4 Å². The van der Waals surface area contributed by atoms with Gasteiger partial charge in [0.2, 0.25) is 0 Å². The Morgan fingerprint density at radius 2 is 2.39 bits per heavy atom. The fourth-order valence-electron chi connectivity index (χ4n) is 2.73. The highest BCUT2D eigenvalue weighted by Crippen LogP contribution is 2.27. The van der Waals surface area contributed by atoms with Gasteiger partial charge in [-0.3, -0.25) is 10.4 Å². The molecule has 2 aromatic rings. The molecule has 3 heterocycles. The molecule has 0 saturated carbocycles. The summed E-state index contributed by atoms with van der Waals surface area (Å²) in [5, 5.41) is 12.0. The number of esters is 1. The summed E-state index contributed by atoms with van der Waals surface area (Å²) in [6.07, 6.45) is 5.71. The molecule has 7 nitrogen and oxygen atoms in total. The maximum atomic E-state index is 12.4. The van der Waals surface area contributed by atoms with Crippen molar-refractivity contribution < 1.29 is 14.3 Å². The minimum absolute atomic E-state index is 0.142. The molecule has 0 radical (unpaired) electrons. The van der Waals surface area contributed by atoms with Gasteiger partial charge in [-0.2, -0.15) is 5.10 Å². The molecule has 0 aliphatic carbocycles. The summed E-state index contributed by atoms with van der Waals surface area (Å²) < 4.78 is 4.66. The summed E-state index contributed by atoms with van der Waals surface area (Å²) in [4.78, 5) is 25.7. The van der Waals surface area contributed by atoms with E-state index in [1.54, 1.807) is 16.3 Å². The van der Waals surface area contributed by atoms with E-state index in [-0.39, 0.29) is 6.03 Å². The molecule has 1 saturated heterocycles. The van der Waals surface area contributed by atoms with E-state index in [0.29, 0.717) is 23.0 Å². The highest BCUT2D eigenvalue weighted by atomic mass is 32.1. The zero-order valence-electron chi connectivity index (χ0n) is 12.7. The van der Waals surface area contributed by atoms with Crippen LogP contribution in [-0.2, 0) is 4.74 Å². The molecule has 1 atom stereocenters. The maximum Gasteiger partial charge on any atom is 0.338 e. The van der Waals surface area contributed by atoms with Crippen molar-refractivity contribution in [3.8, 4) is 0 Å². The van der Waals surface area contributed by atoms with Gasteiger partial charge in [0, 0.05) is 30.6 Å². The molecule has 2 N–H and O–H groups in total. The fraction of sp³-hybridized carbons (Fsp3) is 0.400. The number of rotatable bonds is 3. The Morgan fingerprint density at radius 1 is 1.52 bits per heavy atom. The molecule has 23 heavy (non-hydrogen) atoms. The third kappa shape index (κ3) is 3.53. The van der Waals surface area contributed by atoms with Crippen molar-refractivity contribution in [2.75, 3.05) is 25.5 Å². The number of likely N-dealkylation sites (tertiary alicyclic amines) is 1. The Hall–Kier alpha value is -2.35. The number of ether oxygens (including phenoxy) is 1. The number of methoxy groups -OCH3 is 1. The lowest BCUT2D eigenvalue weighted by Gasteiger charge is -2.32. The van der Waals surface area contributed by atoms with Crippen molar-refractivity contribution >= 4 is 28.3 Å². The lowest BCUT2D eigenvalue weighted by atomic mass is 9.93. The van der Waals surface area contributed by atoms with E-state index in [2.05, 4.69) is 20.3 Å². The van der Waals surface area contributed by atoms with Crippen molar-refractivity contribution in [3.05, 3.63) is 35.0 Å². The monoisotopic (exact) mass is 334 g/mol. The van der Waals surface area contributed by atoms with Crippen LogP contribution in [0.2, 0.25) is 0 Å². The summed E-state index contributed by atoms with van der Waals surface area (Å²) in [6.45, 7) is 1.40. The van der Waals surface area contributed by atoms with E-state index in [4.69, 9.17) is 0 Å². The average molecular weight is 334 g/mol. The number of hydrogen-bond acceptors (Lipinski definition) is 5. The van der Waals surface area contributed by atoms with Gasteiger partial charge in [-0.05, 0) is 24.5 Å². The number of H-pyrrole nitrogens is 1. The van der Waals surface area contributed by atoms with Gasteiger partial charge >= 0.3 is 12.0 Å². The quantitative estimate of drug-likeness (QED) is 0.845. The molecule has 122 valence electrons. The summed E-state index contributed by atoms with van der Waals surface area (Å²) in [5.74, 6) is -0.0954. The van der Waals surface area contributed by atoms with Gasteiger partial charge in [0.05, 0.1) is 23.9 Å². The van der Waals surface area contributed by atoms with Gasteiger partial charge in [-0.1, -0.05) is 0 Å². The first-order valence-electron chi connectivity index (χ1n) is 7.39. The number of amides is 2. The third-order valence-electron chi connectivity index (χ3n) is 3.95. The molecule has 0 spiro atoms. The number of nitrogens with one attached hydrogen (secondary N) is 2. The SMILES string of the molecule is COC(=O)c1csc(NC(=O)N2CCCC(c3cn[nH]c3)C2)c1. The van der Waals surface area contributed by atoms with Gasteiger partial charge in [0.15, 0.2) is 0 Å². The summed E-state index contributed by atoms with van der Waals surface area (Å²) in [6, 6.07) is 1.49. The number of hydrogen-bond donors (Lipinski definition) is 2. The summed E-state index contributed by atoms with van der Waals surface area (Å²) in [5.41, 5.74) is 1.58. The van der Waals surface area contributed by atoms with Gasteiger partial charge in [0.25, 0.3) is 0 Å². The maximum absolute atomic E-state index is 12.4. The van der Waals surface area contributed by atoms with Crippen LogP contribution in [0, 0.1) is 0 Å². The minimum Gasteiger partial charge on any atom is -0.465 e. The number of urea groups is 1. The standard InChI is InChI=1S/C15H18N4O3S/c1-22-14(20)11-5-13(23-9-11)18-15(21)19-4-2-3-10(8-19)12-6-16-17-7-12/h5-7,9-10H,2-4,8H2,1H3,(H,16,17)(H,18,21). The molecule has 0 bridgehead atoms. The van der Waals surface area contributed by atoms with Gasteiger partial charge < -0.3 is 9.64 Å². The topological polar surface area (TPSA) is 87.3 Å². The van der Waals surface area contributed by atoms with Crippen molar-refractivity contribution in [3.63, 3.8) is 0 Å². The Kier molecular flexibility index (Phi) is 4.61. The molecule has 1 unspecified atom stereocenters. The van der Waals surface area contributed by atoms with E-state index in [0.717, 1.165) is 24.9 Å².